The van der Waals surface area contributed by atoms with Gasteiger partial charge in [0.2, 0.25) is 5.91 Å². The van der Waals surface area contributed by atoms with Crippen molar-refractivity contribution in [2.75, 3.05) is 26.7 Å². The van der Waals surface area contributed by atoms with Crippen LogP contribution >= 0.6 is 0 Å². The first-order chi connectivity index (χ1) is 15.6. The molecule has 1 saturated heterocycles. The number of rotatable bonds is 8. The maximum atomic E-state index is 13.3. The Kier molecular flexibility index (Phi) is 6.91. The molecule has 4 nitrogen and oxygen atoms in total. The van der Waals surface area contributed by atoms with Gasteiger partial charge in [0.25, 0.3) is 0 Å². The average Bonchev–Trinajstić information content (AvgIpc) is 2.85. The lowest BCUT2D eigenvalue weighted by atomic mass is 9.63. The minimum absolute atomic E-state index is 0.120. The smallest absolute Gasteiger partial charge is 0.232 e. The van der Waals surface area contributed by atoms with Gasteiger partial charge in [-0.3, -0.25) is 4.79 Å². The third kappa shape index (κ3) is 4.42. The van der Waals surface area contributed by atoms with Crippen molar-refractivity contribution in [1.82, 2.24) is 4.90 Å². The topological polar surface area (TPSA) is 55.6 Å². The van der Waals surface area contributed by atoms with Crippen molar-refractivity contribution in [3.63, 3.8) is 0 Å². The Bertz CT molecular complexity index is 963. The van der Waals surface area contributed by atoms with Crippen LogP contribution in [0.3, 0.4) is 0 Å². The highest BCUT2D eigenvalue weighted by molar-refractivity contribution is 5.91. The molecule has 0 spiro atoms. The molecule has 0 unspecified atom stereocenters. The average molecular weight is 429 g/mol. The van der Waals surface area contributed by atoms with Gasteiger partial charge >= 0.3 is 0 Å². The Morgan fingerprint density at radius 2 is 1.56 bits per heavy atom. The van der Waals surface area contributed by atoms with Crippen molar-refractivity contribution < 1.29 is 9.53 Å². The molecule has 1 amide bonds. The van der Waals surface area contributed by atoms with Crippen LogP contribution in [0, 0.1) is 5.92 Å². The highest BCUT2D eigenvalue weighted by Gasteiger charge is 2.48. The SMILES string of the molecule is COc1ccc(CCN2CCC[C@H](C(C(N)=O)(c3ccccc3)c3ccccc3)C2)cc1. The van der Waals surface area contributed by atoms with Crippen LogP contribution in [0.15, 0.2) is 84.9 Å². The third-order valence-electron chi connectivity index (χ3n) is 6.84. The summed E-state index contributed by atoms with van der Waals surface area (Å²) < 4.78 is 5.27. The fourth-order valence-electron chi connectivity index (χ4n) is 5.22. The number of piperidine rings is 1. The van der Waals surface area contributed by atoms with Crippen LogP contribution in [0.4, 0.5) is 0 Å². The zero-order chi connectivity index (χ0) is 22.4. The van der Waals surface area contributed by atoms with Crippen molar-refractivity contribution in [3.05, 3.63) is 102 Å². The van der Waals surface area contributed by atoms with Gasteiger partial charge in [0.15, 0.2) is 0 Å². The van der Waals surface area contributed by atoms with Gasteiger partial charge in [0.1, 0.15) is 11.2 Å². The van der Waals surface area contributed by atoms with E-state index >= 15 is 0 Å². The van der Waals surface area contributed by atoms with Crippen LogP contribution in [0.5, 0.6) is 5.75 Å². The first kappa shape index (κ1) is 22.1. The van der Waals surface area contributed by atoms with Gasteiger partial charge in [-0.15, -0.1) is 0 Å². The minimum Gasteiger partial charge on any atom is -0.497 e. The molecule has 1 heterocycles. The quantitative estimate of drug-likeness (QED) is 0.578. The van der Waals surface area contributed by atoms with Gasteiger partial charge in [-0.2, -0.15) is 0 Å². The molecule has 4 rings (SSSR count). The number of hydrogen-bond acceptors (Lipinski definition) is 3. The first-order valence-electron chi connectivity index (χ1n) is 11.4. The summed E-state index contributed by atoms with van der Waals surface area (Å²) >= 11 is 0. The van der Waals surface area contributed by atoms with Gasteiger partial charge < -0.3 is 15.4 Å². The third-order valence-corrected chi connectivity index (χ3v) is 6.84. The van der Waals surface area contributed by atoms with Gasteiger partial charge in [0, 0.05) is 13.1 Å². The Balaban J connectivity index is 1.60. The molecule has 32 heavy (non-hydrogen) atoms. The van der Waals surface area contributed by atoms with Crippen molar-refractivity contribution in [2.24, 2.45) is 11.7 Å². The van der Waals surface area contributed by atoms with E-state index in [4.69, 9.17) is 10.5 Å². The van der Waals surface area contributed by atoms with Crippen LogP contribution in [-0.4, -0.2) is 37.6 Å². The summed E-state index contributed by atoms with van der Waals surface area (Å²) in [7, 11) is 1.69. The second-order valence-electron chi connectivity index (χ2n) is 8.64. The summed E-state index contributed by atoms with van der Waals surface area (Å²) in [5, 5.41) is 0. The molecular formula is C28H32N2O2. The molecule has 1 atom stereocenters. The van der Waals surface area contributed by atoms with Crippen LogP contribution in [0.25, 0.3) is 0 Å². The van der Waals surface area contributed by atoms with Crippen LogP contribution < -0.4 is 10.5 Å². The number of ether oxygens (including phenoxy) is 1. The molecule has 1 fully saturated rings. The largest absolute Gasteiger partial charge is 0.497 e. The van der Waals surface area contributed by atoms with Gasteiger partial charge in [-0.25, -0.2) is 0 Å². The van der Waals surface area contributed by atoms with Gasteiger partial charge in [-0.1, -0.05) is 72.8 Å². The summed E-state index contributed by atoms with van der Waals surface area (Å²) in [6.45, 7) is 2.86. The van der Waals surface area contributed by atoms with Crippen molar-refractivity contribution in [1.29, 1.82) is 0 Å². The number of nitrogens with two attached hydrogens (primary N) is 1. The van der Waals surface area contributed by atoms with E-state index in [1.807, 2.05) is 72.8 Å². The van der Waals surface area contributed by atoms with E-state index in [1.54, 1.807) is 7.11 Å². The first-order valence-corrected chi connectivity index (χ1v) is 11.4. The molecule has 1 aliphatic heterocycles. The van der Waals surface area contributed by atoms with Crippen LogP contribution in [0.2, 0.25) is 0 Å². The minimum atomic E-state index is -0.832. The van der Waals surface area contributed by atoms with Crippen LogP contribution in [-0.2, 0) is 16.6 Å². The molecule has 0 bridgehead atoms. The Morgan fingerprint density at radius 3 is 2.09 bits per heavy atom. The molecule has 2 N–H and O–H groups in total. The molecule has 0 aliphatic carbocycles. The molecule has 3 aromatic carbocycles. The van der Waals surface area contributed by atoms with E-state index in [9.17, 15) is 4.79 Å². The van der Waals surface area contributed by atoms with Crippen LogP contribution in [0.1, 0.15) is 29.5 Å². The van der Waals surface area contributed by atoms with E-state index in [1.165, 1.54) is 5.56 Å². The number of carbonyl (C=O) groups is 1. The molecule has 3 aromatic rings. The van der Waals surface area contributed by atoms with E-state index in [-0.39, 0.29) is 11.8 Å². The number of primary amides is 1. The molecule has 0 radical (unpaired) electrons. The van der Waals surface area contributed by atoms with Gasteiger partial charge in [-0.05, 0) is 60.5 Å². The van der Waals surface area contributed by atoms with Crippen molar-refractivity contribution >= 4 is 5.91 Å². The summed E-state index contributed by atoms with van der Waals surface area (Å²) in [4.78, 5) is 15.7. The highest BCUT2D eigenvalue weighted by atomic mass is 16.5. The maximum Gasteiger partial charge on any atom is 0.232 e. The summed E-state index contributed by atoms with van der Waals surface area (Å²) in [5.74, 6) is 0.732. The standard InChI is InChI=1S/C28H32N2O2/c1-32-26-16-14-22(15-17-26)18-20-30-19-8-13-25(21-30)28(27(29)31,23-9-4-2-5-10-23)24-11-6-3-7-12-24/h2-7,9-12,14-17,25H,8,13,18-21H2,1H3,(H2,29,31)/t25-/m0/s1. The fourth-order valence-corrected chi connectivity index (χ4v) is 5.22. The highest BCUT2D eigenvalue weighted by Crippen LogP contribution is 2.43. The number of hydrogen-bond donors (Lipinski definition) is 1. The number of methoxy groups -OCH3 is 1. The van der Waals surface area contributed by atoms with Gasteiger partial charge in [0.05, 0.1) is 7.11 Å². The zero-order valence-corrected chi connectivity index (χ0v) is 18.7. The number of nitrogens with zero attached hydrogens (tertiary/aromatic N) is 1. The lowest BCUT2D eigenvalue weighted by Gasteiger charge is -2.44. The van der Waals surface area contributed by atoms with E-state index in [0.717, 1.165) is 55.8 Å². The van der Waals surface area contributed by atoms with E-state index in [0.29, 0.717) is 0 Å². The fraction of sp³-hybridized carbons (Fsp3) is 0.321. The lowest BCUT2D eigenvalue weighted by Crippen LogP contribution is -2.53. The molecular weight excluding hydrogens is 396 g/mol. The van der Waals surface area contributed by atoms with E-state index in [2.05, 4.69) is 17.0 Å². The summed E-state index contributed by atoms with van der Waals surface area (Å²) in [6.07, 6.45) is 3.00. The molecule has 166 valence electrons. The van der Waals surface area contributed by atoms with Crippen molar-refractivity contribution in [3.8, 4) is 5.75 Å². The maximum absolute atomic E-state index is 13.3. The summed E-state index contributed by atoms with van der Waals surface area (Å²) in [6, 6.07) is 28.5. The van der Waals surface area contributed by atoms with Crippen molar-refractivity contribution in [2.45, 2.75) is 24.7 Å². The molecule has 1 aliphatic rings. The molecule has 0 saturated carbocycles. The number of amides is 1. The molecule has 0 aromatic heterocycles. The monoisotopic (exact) mass is 428 g/mol. The zero-order valence-electron chi connectivity index (χ0n) is 18.7. The number of carbonyl (C=O) groups excluding carboxylic acids is 1. The predicted octanol–water partition coefficient (Wildman–Crippen LogP) is 4.42. The van der Waals surface area contributed by atoms with E-state index < -0.39 is 5.41 Å². The summed E-state index contributed by atoms with van der Waals surface area (Å²) in [5.41, 5.74) is 8.67. The normalized spacial score (nSPS) is 17.1. The Hall–Kier alpha value is -3.11. The Labute approximate surface area is 191 Å². The number of likely N-dealkylation sites (tertiary alicyclic amines) is 1. The lowest BCUT2D eigenvalue weighted by molar-refractivity contribution is -0.124. The number of benzene rings is 3. The Morgan fingerprint density at radius 1 is 0.969 bits per heavy atom. The second-order valence-corrected chi connectivity index (χ2v) is 8.64. The second kappa shape index (κ2) is 10.0. The molecule has 4 heteroatoms. The predicted molar refractivity (Wildman–Crippen MR) is 129 cm³/mol.